The van der Waals surface area contributed by atoms with E-state index in [0.717, 1.165) is 4.57 Å². The molecule has 0 saturated heterocycles. The first-order valence-electron chi connectivity index (χ1n) is 9.30. The highest BCUT2D eigenvalue weighted by Crippen LogP contribution is 2.30. The molecule has 1 aliphatic rings. The van der Waals surface area contributed by atoms with Gasteiger partial charge in [0.05, 0.1) is 13.0 Å². The summed E-state index contributed by atoms with van der Waals surface area (Å²) in [4.78, 5) is 27.7. The molecule has 1 N–H and O–H groups in total. The van der Waals surface area contributed by atoms with Crippen molar-refractivity contribution in [2.45, 2.75) is 38.1 Å². The van der Waals surface area contributed by atoms with Crippen LogP contribution in [0.2, 0.25) is 0 Å². The first-order chi connectivity index (χ1) is 14.6. The molecule has 0 aliphatic carbocycles. The summed E-state index contributed by atoms with van der Waals surface area (Å²) in [5, 5.41) is 18.4. The van der Waals surface area contributed by atoms with Gasteiger partial charge in [-0.1, -0.05) is 6.07 Å². The summed E-state index contributed by atoms with van der Waals surface area (Å²) in [7, 11) is 0. The quantitative estimate of drug-likeness (QED) is 0.373. The van der Waals surface area contributed by atoms with Gasteiger partial charge in [0.1, 0.15) is 5.82 Å². The molecular formula is C18H16F4N6O3. The maximum atomic E-state index is 14.2. The molecule has 0 saturated carbocycles. The Morgan fingerprint density at radius 1 is 1.29 bits per heavy atom. The van der Waals surface area contributed by atoms with Crippen LogP contribution >= 0.6 is 0 Å². The van der Waals surface area contributed by atoms with E-state index in [4.69, 9.17) is 0 Å². The number of halogens is 4. The van der Waals surface area contributed by atoms with Crippen LogP contribution < -0.4 is 0 Å². The number of H-pyrrole nitrogens is 1. The van der Waals surface area contributed by atoms with Crippen LogP contribution in [-0.2, 0) is 30.5 Å². The van der Waals surface area contributed by atoms with Gasteiger partial charge in [-0.05, 0) is 17.7 Å². The first-order valence-corrected chi connectivity index (χ1v) is 9.30. The highest BCUT2D eigenvalue weighted by molar-refractivity contribution is 5.84. The van der Waals surface area contributed by atoms with Crippen molar-refractivity contribution in [1.82, 2.24) is 24.6 Å². The predicted molar refractivity (Wildman–Crippen MR) is 97.8 cm³/mol. The molecule has 0 radical (unpaired) electrons. The van der Waals surface area contributed by atoms with Crippen molar-refractivity contribution in [3.05, 3.63) is 57.5 Å². The van der Waals surface area contributed by atoms with E-state index in [9.17, 15) is 32.5 Å². The standard InChI is InChI=1S/C18H16F4N6O3/c19-12-2-1-3-13-16(12)10(8-23-13)6-11(28(30)31)7-15(29)26-4-5-27-14(9-26)24-25-17(27)18(20,21)22/h1-3,8,11,23H,4-7,9H2. The molecule has 0 spiro atoms. The van der Waals surface area contributed by atoms with E-state index in [1.165, 1.54) is 23.2 Å². The summed E-state index contributed by atoms with van der Waals surface area (Å²) >= 11 is 0. The number of nitrogens with zero attached hydrogens (tertiary/aromatic N) is 5. The van der Waals surface area contributed by atoms with Crippen molar-refractivity contribution < 1.29 is 27.3 Å². The minimum atomic E-state index is -4.66. The number of amides is 1. The van der Waals surface area contributed by atoms with Crippen LogP contribution in [0.4, 0.5) is 17.6 Å². The summed E-state index contributed by atoms with van der Waals surface area (Å²) in [6.45, 7) is -0.452. The molecule has 31 heavy (non-hydrogen) atoms. The fourth-order valence-corrected chi connectivity index (χ4v) is 3.75. The van der Waals surface area contributed by atoms with E-state index in [-0.39, 0.29) is 37.3 Å². The largest absolute Gasteiger partial charge is 0.451 e. The van der Waals surface area contributed by atoms with Gasteiger partial charge in [-0.15, -0.1) is 10.2 Å². The van der Waals surface area contributed by atoms with Crippen molar-refractivity contribution in [3.63, 3.8) is 0 Å². The average Bonchev–Trinajstić information content (AvgIpc) is 3.31. The lowest BCUT2D eigenvalue weighted by molar-refractivity contribution is -0.521. The normalized spacial score (nSPS) is 15.2. The Kier molecular flexibility index (Phi) is 5.11. The van der Waals surface area contributed by atoms with Gasteiger partial charge in [0, 0.05) is 41.5 Å². The zero-order valence-electron chi connectivity index (χ0n) is 15.9. The Balaban J connectivity index is 1.48. The second kappa shape index (κ2) is 7.63. The number of fused-ring (bicyclic) bond motifs is 2. The maximum absolute atomic E-state index is 14.2. The van der Waals surface area contributed by atoms with E-state index in [0.29, 0.717) is 11.1 Å². The Morgan fingerprint density at radius 3 is 2.77 bits per heavy atom. The van der Waals surface area contributed by atoms with Gasteiger partial charge >= 0.3 is 6.18 Å². The number of alkyl halides is 3. The van der Waals surface area contributed by atoms with Gasteiger partial charge in [0.15, 0.2) is 5.82 Å². The highest BCUT2D eigenvalue weighted by Gasteiger charge is 2.40. The Hall–Kier alpha value is -3.51. The van der Waals surface area contributed by atoms with Gasteiger partial charge in [0.25, 0.3) is 0 Å². The number of carbonyl (C=O) groups is 1. The maximum Gasteiger partial charge on any atom is 0.451 e. The molecule has 3 aromatic rings. The van der Waals surface area contributed by atoms with Crippen LogP contribution in [0.3, 0.4) is 0 Å². The minimum Gasteiger partial charge on any atom is -0.361 e. The third-order valence-corrected chi connectivity index (χ3v) is 5.26. The molecule has 1 amide bonds. The monoisotopic (exact) mass is 440 g/mol. The molecule has 2 aromatic heterocycles. The van der Waals surface area contributed by atoms with E-state index in [1.54, 1.807) is 6.07 Å². The smallest absolute Gasteiger partial charge is 0.361 e. The van der Waals surface area contributed by atoms with Crippen molar-refractivity contribution >= 4 is 16.8 Å². The minimum absolute atomic E-state index is 0.0386. The highest BCUT2D eigenvalue weighted by atomic mass is 19.4. The second-order valence-corrected chi connectivity index (χ2v) is 7.23. The molecule has 1 unspecified atom stereocenters. The van der Waals surface area contributed by atoms with E-state index >= 15 is 0 Å². The summed E-state index contributed by atoms with van der Waals surface area (Å²) in [6, 6.07) is 3.06. The van der Waals surface area contributed by atoms with Crippen LogP contribution in [0.1, 0.15) is 23.6 Å². The number of rotatable bonds is 5. The first kappa shape index (κ1) is 20.8. The van der Waals surface area contributed by atoms with E-state index < -0.39 is 41.1 Å². The molecule has 1 atom stereocenters. The third kappa shape index (κ3) is 3.94. The molecule has 164 valence electrons. The van der Waals surface area contributed by atoms with Crippen LogP contribution in [0, 0.1) is 15.9 Å². The van der Waals surface area contributed by atoms with Gasteiger partial charge in [0.2, 0.25) is 17.8 Å². The van der Waals surface area contributed by atoms with Gasteiger partial charge in [-0.3, -0.25) is 14.9 Å². The van der Waals surface area contributed by atoms with E-state index in [1.807, 2.05) is 0 Å². The van der Waals surface area contributed by atoms with Crippen molar-refractivity contribution in [2.24, 2.45) is 0 Å². The van der Waals surface area contributed by atoms with Gasteiger partial charge in [-0.25, -0.2) is 4.39 Å². The molecule has 1 aliphatic heterocycles. The summed E-state index contributed by atoms with van der Waals surface area (Å²) in [5.41, 5.74) is 0.857. The fraction of sp³-hybridized carbons (Fsp3) is 0.389. The Bertz CT molecular complexity index is 1160. The second-order valence-electron chi connectivity index (χ2n) is 7.23. The lowest BCUT2D eigenvalue weighted by atomic mass is 10.0. The predicted octanol–water partition coefficient (Wildman–Crippen LogP) is 2.54. The SMILES string of the molecule is O=C(CC(Cc1c[nH]c2cccc(F)c12)[N+](=O)[O-])N1CCn2c(nnc2C(F)(F)F)C1. The van der Waals surface area contributed by atoms with E-state index in [2.05, 4.69) is 15.2 Å². The zero-order chi connectivity index (χ0) is 22.3. The molecular weight excluding hydrogens is 424 g/mol. The number of hydrogen-bond donors (Lipinski definition) is 1. The van der Waals surface area contributed by atoms with Crippen molar-refractivity contribution in [3.8, 4) is 0 Å². The lowest BCUT2D eigenvalue weighted by Crippen LogP contribution is -2.41. The van der Waals surface area contributed by atoms with Crippen molar-refractivity contribution in [2.75, 3.05) is 6.54 Å². The number of aromatic nitrogens is 4. The molecule has 1 aromatic carbocycles. The number of benzene rings is 1. The number of nitro groups is 1. The van der Waals surface area contributed by atoms with Gasteiger partial charge in [-0.2, -0.15) is 13.2 Å². The van der Waals surface area contributed by atoms with Gasteiger partial charge < -0.3 is 14.5 Å². The fourth-order valence-electron chi connectivity index (χ4n) is 3.75. The summed E-state index contributed by atoms with van der Waals surface area (Å²) in [6.07, 6.45) is -3.85. The Labute approximate surface area is 171 Å². The summed E-state index contributed by atoms with van der Waals surface area (Å²) in [5.74, 6) is -2.30. The topological polar surface area (TPSA) is 110 Å². The molecule has 9 nitrogen and oxygen atoms in total. The van der Waals surface area contributed by atoms with Crippen molar-refractivity contribution in [1.29, 1.82) is 0 Å². The number of hydrogen-bond acceptors (Lipinski definition) is 5. The molecule has 0 bridgehead atoms. The average molecular weight is 440 g/mol. The number of carbonyl (C=O) groups excluding carboxylic acids is 1. The molecule has 0 fully saturated rings. The Morgan fingerprint density at radius 2 is 2.06 bits per heavy atom. The molecule has 13 heteroatoms. The molecule has 4 rings (SSSR count). The lowest BCUT2D eigenvalue weighted by Gasteiger charge is -2.28. The number of nitrogens with one attached hydrogen (secondary N) is 1. The van der Waals surface area contributed by atoms with Crippen LogP contribution in [0.15, 0.2) is 24.4 Å². The molecule has 3 heterocycles. The van der Waals surface area contributed by atoms with Crippen LogP contribution in [0.25, 0.3) is 10.9 Å². The van der Waals surface area contributed by atoms with Crippen LogP contribution in [-0.4, -0.2) is 48.1 Å². The third-order valence-electron chi connectivity index (χ3n) is 5.26. The zero-order valence-corrected chi connectivity index (χ0v) is 15.9. The summed E-state index contributed by atoms with van der Waals surface area (Å²) < 4.78 is 53.9. The van der Waals surface area contributed by atoms with Crippen LogP contribution in [0.5, 0.6) is 0 Å². The number of aromatic amines is 1.